The van der Waals surface area contributed by atoms with Crippen molar-refractivity contribution in [3.05, 3.63) is 65.7 Å². The van der Waals surface area contributed by atoms with Gasteiger partial charge in [-0.1, -0.05) is 48.0 Å². The number of rotatable bonds is 9. The standard InChI is InChI=1S/C20H27N3O3S/c1-16-9-11-18(12-10-16)27(25,26)21-14-13-20(24)22-19(15-23(2)3)17-7-5-4-6-8-17/h4-12,19,21H,13-15H2,1-3H3,(H,22,24)/p+1/t19-/m0/s1. The summed E-state index contributed by atoms with van der Waals surface area (Å²) < 4.78 is 27.0. The van der Waals surface area contributed by atoms with Crippen LogP contribution in [0.1, 0.15) is 23.6 Å². The first-order valence-electron chi connectivity index (χ1n) is 8.97. The molecule has 0 unspecified atom stereocenters. The second-order valence-corrected chi connectivity index (χ2v) is 8.67. The topological polar surface area (TPSA) is 79.7 Å². The van der Waals surface area contributed by atoms with E-state index in [-0.39, 0.29) is 29.8 Å². The number of hydrogen-bond acceptors (Lipinski definition) is 3. The second-order valence-electron chi connectivity index (χ2n) is 6.90. The van der Waals surface area contributed by atoms with Crippen molar-refractivity contribution in [3.63, 3.8) is 0 Å². The minimum atomic E-state index is -3.61. The van der Waals surface area contributed by atoms with E-state index in [0.717, 1.165) is 17.7 Å². The molecule has 1 atom stereocenters. The van der Waals surface area contributed by atoms with E-state index in [9.17, 15) is 13.2 Å². The molecule has 2 aromatic rings. The van der Waals surface area contributed by atoms with Gasteiger partial charge in [-0.15, -0.1) is 0 Å². The Kier molecular flexibility index (Phi) is 7.53. The average Bonchev–Trinajstić information content (AvgIpc) is 2.62. The summed E-state index contributed by atoms with van der Waals surface area (Å²) >= 11 is 0. The molecule has 0 aromatic heterocycles. The molecule has 0 aliphatic rings. The van der Waals surface area contributed by atoms with E-state index in [4.69, 9.17) is 0 Å². The number of aryl methyl sites for hydroxylation is 1. The SMILES string of the molecule is Cc1ccc(S(=O)(=O)NCCC(=O)N[C@@H](C[NH+](C)C)c2ccccc2)cc1. The van der Waals surface area contributed by atoms with Gasteiger partial charge >= 0.3 is 0 Å². The van der Waals surface area contributed by atoms with Gasteiger partial charge < -0.3 is 10.2 Å². The molecule has 2 aromatic carbocycles. The smallest absolute Gasteiger partial charge is 0.240 e. The van der Waals surface area contributed by atoms with Crippen molar-refractivity contribution in [2.24, 2.45) is 0 Å². The van der Waals surface area contributed by atoms with Crippen LogP contribution in [-0.4, -0.2) is 41.5 Å². The van der Waals surface area contributed by atoms with Crippen LogP contribution in [0.25, 0.3) is 0 Å². The summed E-state index contributed by atoms with van der Waals surface area (Å²) in [6.45, 7) is 2.69. The van der Waals surface area contributed by atoms with Crippen LogP contribution in [0.15, 0.2) is 59.5 Å². The number of carbonyl (C=O) groups excluding carboxylic acids is 1. The lowest BCUT2D eigenvalue weighted by Gasteiger charge is -2.21. The molecule has 0 fully saturated rings. The molecule has 0 saturated heterocycles. The molecule has 146 valence electrons. The van der Waals surface area contributed by atoms with Crippen molar-refractivity contribution < 1.29 is 18.1 Å². The van der Waals surface area contributed by atoms with Gasteiger partial charge in [-0.3, -0.25) is 4.79 Å². The Morgan fingerprint density at radius 3 is 2.26 bits per heavy atom. The normalized spacial score (nSPS) is 12.7. The molecule has 1 amide bonds. The quantitative estimate of drug-likeness (QED) is 0.589. The minimum absolute atomic E-state index is 0.0539. The maximum absolute atomic E-state index is 12.3. The second kappa shape index (κ2) is 9.64. The van der Waals surface area contributed by atoms with E-state index in [1.54, 1.807) is 24.3 Å². The van der Waals surface area contributed by atoms with E-state index in [1.165, 1.54) is 4.90 Å². The maximum atomic E-state index is 12.3. The Labute approximate surface area is 161 Å². The number of nitrogens with one attached hydrogen (secondary N) is 3. The van der Waals surface area contributed by atoms with Crippen molar-refractivity contribution in [2.45, 2.75) is 24.3 Å². The molecule has 0 aliphatic heterocycles. The summed E-state index contributed by atoms with van der Waals surface area (Å²) in [5, 5.41) is 3.00. The van der Waals surface area contributed by atoms with E-state index in [2.05, 4.69) is 10.0 Å². The number of quaternary nitrogens is 1. The Morgan fingerprint density at radius 2 is 1.67 bits per heavy atom. The predicted molar refractivity (Wildman–Crippen MR) is 106 cm³/mol. The molecule has 0 spiro atoms. The van der Waals surface area contributed by atoms with E-state index < -0.39 is 10.0 Å². The highest BCUT2D eigenvalue weighted by atomic mass is 32.2. The monoisotopic (exact) mass is 390 g/mol. The van der Waals surface area contributed by atoms with Gasteiger partial charge in [-0.05, 0) is 24.6 Å². The Morgan fingerprint density at radius 1 is 1.04 bits per heavy atom. The van der Waals surface area contributed by atoms with Crippen molar-refractivity contribution in [1.82, 2.24) is 10.0 Å². The van der Waals surface area contributed by atoms with Crippen molar-refractivity contribution in [2.75, 3.05) is 27.2 Å². The Bertz CT molecular complexity index is 835. The zero-order chi connectivity index (χ0) is 19.9. The molecule has 0 radical (unpaired) electrons. The number of carbonyl (C=O) groups is 1. The number of sulfonamides is 1. The van der Waals surface area contributed by atoms with Gasteiger partial charge in [0.2, 0.25) is 15.9 Å². The van der Waals surface area contributed by atoms with Gasteiger partial charge in [0.1, 0.15) is 12.6 Å². The van der Waals surface area contributed by atoms with Crippen molar-refractivity contribution in [1.29, 1.82) is 0 Å². The molecule has 27 heavy (non-hydrogen) atoms. The molecule has 2 rings (SSSR count). The zero-order valence-corrected chi connectivity index (χ0v) is 16.8. The summed E-state index contributed by atoms with van der Waals surface area (Å²) in [5.41, 5.74) is 2.02. The van der Waals surface area contributed by atoms with Gasteiger partial charge in [0.25, 0.3) is 0 Å². The fraction of sp³-hybridized carbons (Fsp3) is 0.350. The van der Waals surface area contributed by atoms with Crippen LogP contribution in [0.5, 0.6) is 0 Å². The number of benzene rings is 2. The van der Waals surface area contributed by atoms with Gasteiger partial charge in [-0.2, -0.15) is 0 Å². The summed E-state index contributed by atoms with van der Waals surface area (Å²) in [6.07, 6.45) is 0.0805. The lowest BCUT2D eigenvalue weighted by molar-refractivity contribution is -0.860. The average molecular weight is 391 g/mol. The third-order valence-corrected chi connectivity index (χ3v) is 5.60. The van der Waals surface area contributed by atoms with Crippen LogP contribution < -0.4 is 14.9 Å². The molecule has 0 heterocycles. The predicted octanol–water partition coefficient (Wildman–Crippen LogP) is 0.665. The first-order chi connectivity index (χ1) is 12.8. The van der Waals surface area contributed by atoms with Crippen LogP contribution in [-0.2, 0) is 14.8 Å². The van der Waals surface area contributed by atoms with Gasteiger partial charge in [0.05, 0.1) is 19.0 Å². The highest BCUT2D eigenvalue weighted by Gasteiger charge is 2.18. The zero-order valence-electron chi connectivity index (χ0n) is 16.0. The van der Waals surface area contributed by atoms with Gasteiger partial charge in [-0.25, -0.2) is 13.1 Å². The highest BCUT2D eigenvalue weighted by Crippen LogP contribution is 2.11. The van der Waals surface area contributed by atoms with Crippen molar-refractivity contribution >= 4 is 15.9 Å². The number of hydrogen-bond donors (Lipinski definition) is 3. The largest absolute Gasteiger partial charge is 0.344 e. The van der Waals surface area contributed by atoms with Crippen LogP contribution in [0.2, 0.25) is 0 Å². The number of likely N-dealkylation sites (N-methyl/N-ethyl adjacent to an activating group) is 1. The van der Waals surface area contributed by atoms with E-state index in [1.807, 2.05) is 51.4 Å². The van der Waals surface area contributed by atoms with E-state index in [0.29, 0.717) is 0 Å². The molecule has 6 nitrogen and oxygen atoms in total. The lowest BCUT2D eigenvalue weighted by atomic mass is 10.1. The fourth-order valence-electron chi connectivity index (χ4n) is 2.71. The van der Waals surface area contributed by atoms with Gasteiger partial charge in [0.15, 0.2) is 0 Å². The van der Waals surface area contributed by atoms with Crippen LogP contribution >= 0.6 is 0 Å². The van der Waals surface area contributed by atoms with Crippen LogP contribution in [0.4, 0.5) is 0 Å². The third kappa shape index (κ3) is 6.78. The first kappa shape index (κ1) is 21.1. The highest BCUT2D eigenvalue weighted by molar-refractivity contribution is 7.89. The van der Waals surface area contributed by atoms with Crippen molar-refractivity contribution in [3.8, 4) is 0 Å². The summed E-state index contributed by atoms with van der Waals surface area (Å²) in [5.74, 6) is -0.184. The molecular weight excluding hydrogens is 362 g/mol. The fourth-order valence-corrected chi connectivity index (χ4v) is 3.74. The molecule has 3 N–H and O–H groups in total. The van der Waals surface area contributed by atoms with Crippen LogP contribution in [0, 0.1) is 6.92 Å². The summed E-state index contributed by atoms with van der Waals surface area (Å²) in [7, 11) is 0.445. The Hall–Kier alpha value is -2.22. The van der Waals surface area contributed by atoms with Gasteiger partial charge in [0, 0.05) is 13.0 Å². The summed E-state index contributed by atoms with van der Waals surface area (Å²) in [6, 6.07) is 16.3. The first-order valence-corrected chi connectivity index (χ1v) is 10.5. The molecule has 0 saturated carbocycles. The molecule has 0 aliphatic carbocycles. The maximum Gasteiger partial charge on any atom is 0.240 e. The molecule has 7 heteroatoms. The third-order valence-electron chi connectivity index (χ3n) is 4.12. The molecule has 0 bridgehead atoms. The Balaban J connectivity index is 1.91. The summed E-state index contributed by atoms with van der Waals surface area (Å²) in [4.78, 5) is 13.7. The van der Waals surface area contributed by atoms with Crippen LogP contribution in [0.3, 0.4) is 0 Å². The van der Waals surface area contributed by atoms with E-state index >= 15 is 0 Å². The number of amides is 1. The minimum Gasteiger partial charge on any atom is -0.344 e. The molecular formula is C20H28N3O3S+. The lowest BCUT2D eigenvalue weighted by Crippen LogP contribution is -3.06.